The van der Waals surface area contributed by atoms with Gasteiger partial charge >= 0.3 is 11.3 Å². The van der Waals surface area contributed by atoms with Gasteiger partial charge in [0.2, 0.25) is 0 Å². The topological polar surface area (TPSA) is 73.9 Å². The number of pyridine rings is 1. The standard InChI is InChI=1S/C16H14F3N3O2S/c1-9-12(24-8-16(17,18)19)6-7-20-13(9)10-4-3-5-11-14(10)22-15(21-11)25(2)23/h3-7H,8H2,1-2H3,(H,21,22). The van der Waals surface area contributed by atoms with Gasteiger partial charge in [-0.2, -0.15) is 18.2 Å². The number of para-hydroxylation sites is 1. The Morgan fingerprint density at radius 2 is 2.04 bits per heavy atom. The SMILES string of the molecule is Cc1c(OCC(F)(F)F)ccnc1-c1cccc2[nH]c([S+](C)[O-])nc12. The largest absolute Gasteiger partial charge is 0.609 e. The van der Waals surface area contributed by atoms with Crippen molar-refractivity contribution in [2.45, 2.75) is 18.3 Å². The van der Waals surface area contributed by atoms with Crippen LogP contribution in [0.25, 0.3) is 22.3 Å². The van der Waals surface area contributed by atoms with Gasteiger partial charge in [-0.15, -0.1) is 0 Å². The first-order valence-electron chi connectivity index (χ1n) is 7.24. The maximum atomic E-state index is 12.4. The van der Waals surface area contributed by atoms with Crippen LogP contribution in [0.3, 0.4) is 0 Å². The van der Waals surface area contributed by atoms with Crippen LogP contribution in [0.2, 0.25) is 0 Å². The van der Waals surface area contributed by atoms with Crippen LogP contribution >= 0.6 is 0 Å². The molecule has 3 aromatic rings. The Morgan fingerprint density at radius 3 is 2.72 bits per heavy atom. The lowest BCUT2D eigenvalue weighted by molar-refractivity contribution is -0.153. The minimum absolute atomic E-state index is 0.106. The number of nitrogens with one attached hydrogen (secondary N) is 1. The molecule has 0 amide bonds. The summed E-state index contributed by atoms with van der Waals surface area (Å²) in [5, 5.41) is 0.324. The Bertz CT molecular complexity index is 909. The molecule has 1 N–H and O–H groups in total. The summed E-state index contributed by atoms with van der Waals surface area (Å²) < 4.78 is 53.7. The van der Waals surface area contributed by atoms with E-state index in [1.165, 1.54) is 18.5 Å². The summed E-state index contributed by atoms with van der Waals surface area (Å²) in [6.45, 7) is 0.265. The minimum atomic E-state index is -4.42. The maximum Gasteiger partial charge on any atom is 0.422 e. The molecule has 9 heteroatoms. The fraction of sp³-hybridized carbons (Fsp3) is 0.250. The zero-order chi connectivity index (χ0) is 18.2. The van der Waals surface area contributed by atoms with Crippen molar-refractivity contribution < 1.29 is 22.5 Å². The Morgan fingerprint density at radius 1 is 1.28 bits per heavy atom. The van der Waals surface area contributed by atoms with E-state index in [4.69, 9.17) is 4.74 Å². The first-order valence-corrected chi connectivity index (χ1v) is 8.80. The molecule has 1 aromatic carbocycles. The van der Waals surface area contributed by atoms with Crippen molar-refractivity contribution in [2.24, 2.45) is 0 Å². The van der Waals surface area contributed by atoms with E-state index in [0.29, 0.717) is 33.0 Å². The van der Waals surface area contributed by atoms with Crippen LogP contribution < -0.4 is 4.74 Å². The second kappa shape index (κ2) is 6.57. The molecule has 0 aliphatic carbocycles. The number of aromatic amines is 1. The zero-order valence-corrected chi connectivity index (χ0v) is 14.2. The van der Waals surface area contributed by atoms with Crippen molar-refractivity contribution in [3.8, 4) is 17.0 Å². The van der Waals surface area contributed by atoms with Crippen molar-refractivity contribution in [2.75, 3.05) is 12.9 Å². The lowest BCUT2D eigenvalue weighted by Crippen LogP contribution is -2.19. The van der Waals surface area contributed by atoms with E-state index < -0.39 is 24.0 Å². The van der Waals surface area contributed by atoms with E-state index in [1.807, 2.05) is 0 Å². The Kier molecular flexibility index (Phi) is 4.61. The van der Waals surface area contributed by atoms with Crippen molar-refractivity contribution in [1.82, 2.24) is 15.0 Å². The van der Waals surface area contributed by atoms with E-state index in [9.17, 15) is 17.7 Å². The summed E-state index contributed by atoms with van der Waals surface area (Å²) in [7, 11) is 0. The third-order valence-electron chi connectivity index (χ3n) is 3.56. The lowest BCUT2D eigenvalue weighted by Gasteiger charge is -2.13. The highest BCUT2D eigenvalue weighted by atomic mass is 32.2. The highest BCUT2D eigenvalue weighted by Crippen LogP contribution is 2.33. The molecular formula is C16H14F3N3O2S. The van der Waals surface area contributed by atoms with Crippen molar-refractivity contribution in [3.63, 3.8) is 0 Å². The molecule has 0 fully saturated rings. The number of fused-ring (bicyclic) bond motifs is 1. The van der Waals surface area contributed by atoms with Crippen molar-refractivity contribution in [3.05, 3.63) is 36.0 Å². The smallest absolute Gasteiger partial charge is 0.422 e. The van der Waals surface area contributed by atoms with E-state index in [2.05, 4.69) is 15.0 Å². The summed E-state index contributed by atoms with van der Waals surface area (Å²) in [4.78, 5) is 11.6. The summed E-state index contributed by atoms with van der Waals surface area (Å²) in [5.74, 6) is 0.106. The Balaban J connectivity index is 2.06. The van der Waals surface area contributed by atoms with Crippen molar-refractivity contribution in [1.29, 1.82) is 0 Å². The average molecular weight is 369 g/mol. The second-order valence-corrected chi connectivity index (χ2v) is 6.68. The molecule has 0 saturated heterocycles. The number of alkyl halides is 3. The number of hydrogen-bond donors (Lipinski definition) is 1. The van der Waals surface area contributed by atoms with Crippen LogP contribution in [-0.2, 0) is 11.2 Å². The third-order valence-corrected chi connectivity index (χ3v) is 4.30. The van der Waals surface area contributed by atoms with Gasteiger partial charge in [-0.3, -0.25) is 9.97 Å². The monoisotopic (exact) mass is 369 g/mol. The highest BCUT2D eigenvalue weighted by Gasteiger charge is 2.29. The van der Waals surface area contributed by atoms with E-state index in [-0.39, 0.29) is 5.75 Å². The molecule has 5 nitrogen and oxygen atoms in total. The highest BCUT2D eigenvalue weighted by molar-refractivity contribution is 7.90. The van der Waals surface area contributed by atoms with Crippen molar-refractivity contribution >= 4 is 22.2 Å². The number of aromatic nitrogens is 3. The molecule has 0 aliphatic rings. The fourth-order valence-electron chi connectivity index (χ4n) is 2.44. The first-order chi connectivity index (χ1) is 11.8. The molecule has 2 aromatic heterocycles. The molecule has 2 heterocycles. The molecule has 0 bridgehead atoms. The Hall–Kier alpha value is -2.26. The van der Waals surface area contributed by atoms with E-state index in [0.717, 1.165) is 0 Å². The quantitative estimate of drug-likeness (QED) is 0.713. The zero-order valence-electron chi connectivity index (χ0n) is 13.3. The number of nitrogens with zero attached hydrogens (tertiary/aromatic N) is 2. The number of imidazole rings is 1. The van der Waals surface area contributed by atoms with Crippen LogP contribution in [0.5, 0.6) is 5.75 Å². The number of H-pyrrole nitrogens is 1. The number of benzene rings is 1. The normalized spacial score (nSPS) is 13.2. The molecule has 1 unspecified atom stereocenters. The molecule has 0 radical (unpaired) electrons. The molecule has 0 saturated carbocycles. The first kappa shape index (κ1) is 17.6. The van der Waals surface area contributed by atoms with Crippen LogP contribution in [0, 0.1) is 6.92 Å². The number of hydrogen-bond acceptors (Lipinski definition) is 4. The number of rotatable bonds is 4. The number of ether oxygens (including phenoxy) is 1. The Labute approximate surface area is 144 Å². The minimum Gasteiger partial charge on any atom is -0.609 e. The summed E-state index contributed by atoms with van der Waals surface area (Å²) in [6, 6.07) is 6.69. The molecule has 0 aliphatic heterocycles. The molecule has 0 spiro atoms. The van der Waals surface area contributed by atoms with E-state index in [1.54, 1.807) is 25.1 Å². The van der Waals surface area contributed by atoms with Gasteiger partial charge in [0.05, 0.1) is 11.2 Å². The van der Waals surface area contributed by atoms with Gasteiger partial charge in [0.15, 0.2) is 6.61 Å². The van der Waals surface area contributed by atoms with Crippen LogP contribution in [0.1, 0.15) is 5.56 Å². The fourth-order valence-corrected chi connectivity index (χ4v) is 2.92. The molecule has 132 valence electrons. The molecule has 3 rings (SSSR count). The molecular weight excluding hydrogens is 355 g/mol. The van der Waals surface area contributed by atoms with Gasteiger partial charge < -0.3 is 9.29 Å². The van der Waals surface area contributed by atoms with Crippen LogP contribution in [0.15, 0.2) is 35.6 Å². The average Bonchev–Trinajstić information content (AvgIpc) is 2.97. The van der Waals surface area contributed by atoms with Crippen LogP contribution in [0.4, 0.5) is 13.2 Å². The summed E-state index contributed by atoms with van der Waals surface area (Å²) in [5.41, 5.74) is 2.79. The lowest BCUT2D eigenvalue weighted by atomic mass is 10.0. The van der Waals surface area contributed by atoms with E-state index >= 15 is 0 Å². The van der Waals surface area contributed by atoms with Gasteiger partial charge in [-0.1, -0.05) is 12.1 Å². The molecule has 25 heavy (non-hydrogen) atoms. The van der Waals surface area contributed by atoms with Gasteiger partial charge in [0.25, 0.3) is 0 Å². The predicted molar refractivity (Wildman–Crippen MR) is 87.9 cm³/mol. The summed E-state index contributed by atoms with van der Waals surface area (Å²) in [6.07, 6.45) is -1.52. The predicted octanol–water partition coefficient (Wildman–Crippen LogP) is 3.61. The van der Waals surface area contributed by atoms with Crippen LogP contribution in [-0.4, -0.2) is 38.5 Å². The third kappa shape index (κ3) is 3.72. The second-order valence-electron chi connectivity index (χ2n) is 5.38. The van der Waals surface area contributed by atoms with Gasteiger partial charge in [-0.05, 0) is 19.1 Å². The van der Waals surface area contributed by atoms with Gasteiger partial charge in [-0.25, -0.2) is 0 Å². The summed E-state index contributed by atoms with van der Waals surface area (Å²) >= 11 is -1.29. The van der Waals surface area contributed by atoms with Gasteiger partial charge in [0, 0.05) is 28.5 Å². The van der Waals surface area contributed by atoms with Gasteiger partial charge in [0.1, 0.15) is 17.5 Å². The number of halogens is 3. The maximum absolute atomic E-state index is 12.4. The molecule has 1 atom stereocenters.